The summed E-state index contributed by atoms with van der Waals surface area (Å²) < 4.78 is 13.7. The third kappa shape index (κ3) is 2.78. The van der Waals surface area contributed by atoms with Crippen LogP contribution in [0.5, 0.6) is 5.75 Å². The van der Waals surface area contributed by atoms with Gasteiger partial charge in [0.25, 0.3) is 0 Å². The zero-order valence-electron chi connectivity index (χ0n) is 17.1. The molecule has 3 nitrogen and oxygen atoms in total. The van der Waals surface area contributed by atoms with Crippen molar-refractivity contribution in [3.05, 3.63) is 89.4 Å². The number of ether oxygens (including phenoxy) is 2. The van der Waals surface area contributed by atoms with Gasteiger partial charge in [0.05, 0.1) is 5.69 Å². The molecule has 0 aliphatic carbocycles. The minimum Gasteiger partial charge on any atom is -0.467 e. The van der Waals surface area contributed by atoms with Crippen LogP contribution in [-0.2, 0) is 11.3 Å². The first-order chi connectivity index (χ1) is 15.3. The number of rotatable bonds is 4. The summed E-state index contributed by atoms with van der Waals surface area (Å²) in [6.45, 7) is 1.01. The van der Waals surface area contributed by atoms with Crippen molar-refractivity contribution in [2.75, 3.05) is 13.9 Å². The topological polar surface area (TPSA) is 23.4 Å². The van der Waals surface area contributed by atoms with Crippen molar-refractivity contribution in [2.45, 2.75) is 6.54 Å². The quantitative estimate of drug-likeness (QED) is 0.280. The van der Waals surface area contributed by atoms with Crippen molar-refractivity contribution in [2.24, 2.45) is 0 Å². The summed E-state index contributed by atoms with van der Waals surface area (Å²) >= 11 is 6.33. The highest BCUT2D eigenvalue weighted by atomic mass is 35.5. The maximum absolute atomic E-state index is 6.33. The number of fused-ring (bicyclic) bond motifs is 6. The predicted octanol–water partition coefficient (Wildman–Crippen LogP) is 7.13. The predicted molar refractivity (Wildman–Crippen MR) is 127 cm³/mol. The minimum absolute atomic E-state index is 0.200. The molecule has 0 atom stereocenters. The Morgan fingerprint density at radius 1 is 0.871 bits per heavy atom. The second-order valence-electron chi connectivity index (χ2n) is 7.84. The van der Waals surface area contributed by atoms with Gasteiger partial charge in [-0.3, -0.25) is 0 Å². The van der Waals surface area contributed by atoms with Gasteiger partial charge in [-0.15, -0.1) is 0 Å². The summed E-state index contributed by atoms with van der Waals surface area (Å²) in [5.74, 6) is 0.821. The maximum Gasteiger partial charge on any atom is 0.188 e. The zero-order chi connectivity index (χ0) is 20.9. The molecule has 1 aliphatic heterocycles. The first-order valence-electron chi connectivity index (χ1n) is 10.3. The molecule has 0 bridgehead atoms. The molecule has 0 spiro atoms. The van der Waals surface area contributed by atoms with Gasteiger partial charge in [-0.1, -0.05) is 66.2 Å². The molecule has 1 aromatic heterocycles. The van der Waals surface area contributed by atoms with Crippen molar-refractivity contribution in [3.8, 4) is 28.1 Å². The van der Waals surface area contributed by atoms with Crippen molar-refractivity contribution < 1.29 is 9.47 Å². The van der Waals surface area contributed by atoms with Gasteiger partial charge in [-0.25, -0.2) is 0 Å². The van der Waals surface area contributed by atoms with Crippen LogP contribution in [0, 0.1) is 0 Å². The summed E-state index contributed by atoms with van der Waals surface area (Å²) in [6.07, 6.45) is 0. The number of methoxy groups -OCH3 is 1. The first kappa shape index (κ1) is 18.5. The van der Waals surface area contributed by atoms with E-state index in [1.54, 1.807) is 7.11 Å². The van der Waals surface area contributed by atoms with Crippen LogP contribution >= 0.6 is 11.6 Å². The summed E-state index contributed by atoms with van der Waals surface area (Å²) in [5.41, 5.74) is 7.19. The lowest BCUT2D eigenvalue weighted by Gasteiger charge is -2.15. The van der Waals surface area contributed by atoms with Crippen LogP contribution in [0.25, 0.3) is 44.1 Å². The summed E-state index contributed by atoms with van der Waals surface area (Å²) in [6, 6.07) is 27.4. The number of halogens is 1. The van der Waals surface area contributed by atoms with E-state index in [2.05, 4.69) is 71.3 Å². The average Bonchev–Trinajstić information content (AvgIpc) is 3.31. The number of nitrogens with zero attached hydrogens (tertiary/aromatic N) is 1. The largest absolute Gasteiger partial charge is 0.467 e. The molecule has 5 aromatic rings. The molecule has 1 aliphatic rings. The molecule has 2 heterocycles. The molecule has 0 saturated heterocycles. The molecule has 4 heteroatoms. The monoisotopic (exact) mass is 425 g/mol. The van der Waals surface area contributed by atoms with Crippen LogP contribution < -0.4 is 4.74 Å². The highest BCUT2D eigenvalue weighted by Gasteiger charge is 2.29. The Labute approximate surface area is 185 Å². The number of hydrogen-bond donors (Lipinski definition) is 0. The van der Waals surface area contributed by atoms with E-state index in [1.807, 2.05) is 12.1 Å². The van der Waals surface area contributed by atoms with Gasteiger partial charge in [0.15, 0.2) is 6.79 Å². The van der Waals surface area contributed by atoms with E-state index in [4.69, 9.17) is 21.1 Å². The molecular formula is C27H20ClNO2. The normalized spacial score (nSPS) is 12.3. The van der Waals surface area contributed by atoms with E-state index in [0.717, 1.165) is 28.3 Å². The molecular weight excluding hydrogens is 406 g/mol. The smallest absolute Gasteiger partial charge is 0.188 e. The van der Waals surface area contributed by atoms with Crippen LogP contribution in [-0.4, -0.2) is 18.5 Å². The number of benzene rings is 4. The first-order valence-corrected chi connectivity index (χ1v) is 10.7. The number of para-hydroxylation sites is 1. The molecule has 31 heavy (non-hydrogen) atoms. The summed E-state index contributed by atoms with van der Waals surface area (Å²) in [7, 11) is 1.65. The highest BCUT2D eigenvalue weighted by Crippen LogP contribution is 2.50. The Morgan fingerprint density at radius 3 is 2.55 bits per heavy atom. The molecule has 0 amide bonds. The lowest BCUT2D eigenvalue weighted by molar-refractivity contribution is 0.0516. The number of aromatic nitrogens is 1. The number of hydrogen-bond acceptors (Lipinski definition) is 2. The van der Waals surface area contributed by atoms with Gasteiger partial charge in [0, 0.05) is 46.3 Å². The van der Waals surface area contributed by atoms with E-state index in [1.165, 1.54) is 38.7 Å². The highest BCUT2D eigenvalue weighted by molar-refractivity contribution is 6.30. The summed E-state index contributed by atoms with van der Waals surface area (Å²) in [5, 5.41) is 4.33. The fourth-order valence-electron chi connectivity index (χ4n) is 4.85. The lowest BCUT2D eigenvalue weighted by Crippen LogP contribution is -2.01. The van der Waals surface area contributed by atoms with Gasteiger partial charge in [0.1, 0.15) is 5.75 Å². The van der Waals surface area contributed by atoms with Crippen molar-refractivity contribution in [1.29, 1.82) is 0 Å². The van der Waals surface area contributed by atoms with Gasteiger partial charge in [0.2, 0.25) is 0 Å². The van der Waals surface area contributed by atoms with Gasteiger partial charge < -0.3 is 14.0 Å². The van der Waals surface area contributed by atoms with E-state index in [9.17, 15) is 0 Å². The van der Waals surface area contributed by atoms with Crippen molar-refractivity contribution >= 4 is 33.3 Å². The average molecular weight is 426 g/mol. The van der Waals surface area contributed by atoms with E-state index >= 15 is 0 Å². The van der Waals surface area contributed by atoms with E-state index in [0.29, 0.717) is 0 Å². The van der Waals surface area contributed by atoms with Crippen LogP contribution in [0.3, 0.4) is 0 Å². The molecule has 4 aromatic carbocycles. The lowest BCUT2D eigenvalue weighted by atomic mass is 9.92. The van der Waals surface area contributed by atoms with Crippen LogP contribution in [0.2, 0.25) is 5.02 Å². The molecule has 0 radical (unpaired) electrons. The maximum atomic E-state index is 6.33. The van der Waals surface area contributed by atoms with Crippen LogP contribution in [0.15, 0.2) is 78.9 Å². The second kappa shape index (κ2) is 7.16. The fraction of sp³-hybridized carbons (Fsp3) is 0.111. The summed E-state index contributed by atoms with van der Waals surface area (Å²) in [4.78, 5) is 0. The Morgan fingerprint density at radius 2 is 1.68 bits per heavy atom. The SMILES string of the molecule is COCOc1ccc2ccccc2c1-c1c2n(c3ccccc13)Cc1cc(Cl)ccc1-2. The van der Waals surface area contributed by atoms with E-state index in [-0.39, 0.29) is 6.79 Å². The second-order valence-corrected chi connectivity index (χ2v) is 8.28. The van der Waals surface area contributed by atoms with Gasteiger partial charge in [-0.05, 0) is 40.6 Å². The Bertz CT molecular complexity index is 1470. The van der Waals surface area contributed by atoms with Gasteiger partial charge in [-0.2, -0.15) is 0 Å². The molecule has 0 N–H and O–H groups in total. The molecule has 6 rings (SSSR count). The van der Waals surface area contributed by atoms with Crippen LogP contribution in [0.1, 0.15) is 5.56 Å². The van der Waals surface area contributed by atoms with Crippen molar-refractivity contribution in [1.82, 2.24) is 4.57 Å². The Balaban J connectivity index is 1.76. The molecule has 0 fully saturated rings. The van der Waals surface area contributed by atoms with Crippen molar-refractivity contribution in [3.63, 3.8) is 0 Å². The molecule has 0 saturated carbocycles. The Hall–Kier alpha value is -3.27. The Kier molecular flexibility index (Phi) is 4.27. The van der Waals surface area contributed by atoms with Crippen LogP contribution in [0.4, 0.5) is 0 Å². The third-order valence-electron chi connectivity index (χ3n) is 6.09. The zero-order valence-corrected chi connectivity index (χ0v) is 17.8. The molecule has 152 valence electrons. The van der Waals surface area contributed by atoms with Gasteiger partial charge >= 0.3 is 0 Å². The fourth-order valence-corrected chi connectivity index (χ4v) is 5.04. The molecule has 0 unspecified atom stereocenters. The minimum atomic E-state index is 0.200. The standard InChI is InChI=1S/C27H20ClNO2/c1-30-16-31-24-13-10-17-6-2-3-7-20(17)25(24)26-22-8-4-5-9-23(22)29-15-18-14-19(28)11-12-21(18)27(26)29/h2-14H,15-16H2,1H3. The third-order valence-corrected chi connectivity index (χ3v) is 6.33. The van der Waals surface area contributed by atoms with E-state index < -0.39 is 0 Å².